The van der Waals surface area contributed by atoms with Gasteiger partial charge in [0.2, 0.25) is 17.7 Å². The second kappa shape index (κ2) is 26.5. The molecule has 8 rings (SSSR count). The Morgan fingerprint density at radius 2 is 1.33 bits per heavy atom. The number of β-amino-alcohol motifs (C(OH)–C–C–N with tert-alkyl or cyclic N) is 1. The quantitative estimate of drug-likeness (QED) is 0.0636. The maximum Gasteiger partial charge on any atom is 0.270 e. The number of aliphatic hydroxyl groups is 1. The van der Waals surface area contributed by atoms with Crippen LogP contribution in [0, 0.1) is 0 Å². The average Bonchev–Trinajstić information content (AvgIpc) is 3.42. The molecule has 75 heavy (non-hydrogen) atoms. The highest BCUT2D eigenvalue weighted by Crippen LogP contribution is 2.29. The number of likely N-dealkylation sites (tertiary alicyclic amines) is 1. The summed E-state index contributed by atoms with van der Waals surface area (Å²) >= 11 is 25.0. The Morgan fingerprint density at radius 3 is 2.00 bits per heavy atom. The Balaban J connectivity index is 0.792. The van der Waals surface area contributed by atoms with E-state index < -0.39 is 18.1 Å². The molecule has 0 saturated carbocycles. The van der Waals surface area contributed by atoms with Crippen molar-refractivity contribution in [2.24, 2.45) is 0 Å². The number of fused-ring (bicyclic) bond motifs is 1. The third-order valence-electron chi connectivity index (χ3n) is 13.2. The number of piperidine rings is 1. The van der Waals surface area contributed by atoms with Crippen LogP contribution in [0.25, 0.3) is 12.2 Å². The van der Waals surface area contributed by atoms with E-state index in [-0.39, 0.29) is 61.9 Å². The summed E-state index contributed by atoms with van der Waals surface area (Å²) in [5, 5.41) is 23.9. The summed E-state index contributed by atoms with van der Waals surface area (Å²) in [7, 11) is 0. The fourth-order valence-electron chi connectivity index (χ4n) is 9.20. The number of ketones is 1. The molecule has 4 aromatic carbocycles. The predicted molar refractivity (Wildman–Crippen MR) is 293 cm³/mol. The number of nitrogens with one attached hydrogen (secondary N) is 4. The number of hydrogen-bond donors (Lipinski definition) is 5. The number of benzene rings is 4. The van der Waals surface area contributed by atoms with Crippen LogP contribution >= 0.6 is 46.4 Å². The van der Waals surface area contributed by atoms with Crippen LogP contribution < -0.4 is 21.3 Å². The maximum atomic E-state index is 14.7. The standard InChI is InChI=1S/C55H58Cl4N10O6/c56-44-12-10-37(24-46(44)58)22-41-32-69(33-42(53(41)73)23-38-11-13-45(57)47(59)25-38)55(75)49(26-36-6-2-1-3-7-36)61-30-52(72)68-20-18-66(19-21-68)17-15-60-51(71)29-62-50-27-48(64-35-65-50)54(74)63-28-43(70)34-67-16-14-39-8-4-5-9-40(39)31-67/h1-13,22-25,27,35,43,49,61,70H,14-21,26,28-34H2,(H,60,71)(H,63,74)(H,62,64,65)/b41-22+,42-23+/t43-,49+/m0/s1. The van der Waals surface area contributed by atoms with Gasteiger partial charge in [0.1, 0.15) is 17.8 Å². The monoisotopic (exact) mass is 1090 g/mol. The summed E-state index contributed by atoms with van der Waals surface area (Å²) in [6.07, 6.45) is 5.09. The number of anilines is 1. The van der Waals surface area contributed by atoms with Crippen LogP contribution in [0.3, 0.4) is 0 Å². The predicted octanol–water partition coefficient (Wildman–Crippen LogP) is 5.69. The van der Waals surface area contributed by atoms with Crippen molar-refractivity contribution in [2.75, 3.05) is 90.4 Å². The summed E-state index contributed by atoms with van der Waals surface area (Å²) < 4.78 is 0. The van der Waals surface area contributed by atoms with Crippen molar-refractivity contribution in [3.8, 4) is 0 Å². The molecule has 4 heterocycles. The molecule has 5 aromatic rings. The van der Waals surface area contributed by atoms with E-state index in [9.17, 15) is 29.1 Å². The highest BCUT2D eigenvalue weighted by Gasteiger charge is 2.34. The SMILES string of the molecule is O=C(CNc1cc(C(=O)NC[C@H](O)CN2CCc3ccccc3C2)ncn1)NCCN1CCN(C(=O)CN[C@H](Cc2ccccc2)C(=O)N2C/C(=C\c3ccc(Cl)c(Cl)c3)C(=O)/C(=C/c3ccc(Cl)c(Cl)c3)C2)CC1. The van der Waals surface area contributed by atoms with Gasteiger partial charge in [-0.05, 0) is 77.1 Å². The van der Waals surface area contributed by atoms with E-state index in [1.807, 2.05) is 42.5 Å². The molecule has 0 spiro atoms. The van der Waals surface area contributed by atoms with Crippen LogP contribution in [0.1, 0.15) is 38.3 Å². The molecule has 2 atom stereocenters. The molecule has 3 aliphatic rings. The van der Waals surface area contributed by atoms with Crippen LogP contribution in [0.15, 0.2) is 115 Å². The lowest BCUT2D eigenvalue weighted by Gasteiger charge is -2.35. The number of nitrogens with zero attached hydrogens (tertiary/aromatic N) is 6. The molecule has 16 nitrogen and oxygen atoms in total. The van der Waals surface area contributed by atoms with Crippen molar-refractivity contribution in [3.05, 3.63) is 168 Å². The largest absolute Gasteiger partial charge is 0.390 e. The normalized spacial score (nSPS) is 17.1. The number of aliphatic hydroxyl groups excluding tert-OH is 1. The van der Waals surface area contributed by atoms with E-state index >= 15 is 0 Å². The molecule has 5 N–H and O–H groups in total. The number of carbonyl (C=O) groups excluding carboxylic acids is 5. The molecule has 20 heteroatoms. The molecule has 0 radical (unpaired) electrons. The number of rotatable bonds is 19. The molecule has 392 valence electrons. The summed E-state index contributed by atoms with van der Waals surface area (Å²) in [6, 6.07) is 28.6. The van der Waals surface area contributed by atoms with E-state index in [0.717, 1.165) is 25.1 Å². The molecule has 3 aliphatic heterocycles. The minimum atomic E-state index is -0.808. The first-order valence-electron chi connectivity index (χ1n) is 24.7. The second-order valence-electron chi connectivity index (χ2n) is 18.7. The van der Waals surface area contributed by atoms with Gasteiger partial charge < -0.3 is 30.9 Å². The third-order valence-corrected chi connectivity index (χ3v) is 14.7. The zero-order valence-electron chi connectivity index (χ0n) is 41.1. The molecule has 0 bridgehead atoms. The van der Waals surface area contributed by atoms with E-state index in [1.165, 1.54) is 23.5 Å². The van der Waals surface area contributed by atoms with Gasteiger partial charge in [-0.1, -0.05) is 113 Å². The number of amides is 4. The van der Waals surface area contributed by atoms with Gasteiger partial charge in [-0.2, -0.15) is 0 Å². The summed E-state index contributed by atoms with van der Waals surface area (Å²) in [5.41, 5.74) is 5.59. The molecular formula is C55H58Cl4N10O6. The zero-order valence-corrected chi connectivity index (χ0v) is 44.1. The van der Waals surface area contributed by atoms with Crippen molar-refractivity contribution in [3.63, 3.8) is 0 Å². The Morgan fingerprint density at radius 1 is 0.680 bits per heavy atom. The van der Waals surface area contributed by atoms with Crippen LogP contribution in [0.5, 0.6) is 0 Å². The number of aromatic nitrogens is 2. The van der Waals surface area contributed by atoms with Crippen LogP contribution in [-0.2, 0) is 38.6 Å². The minimum absolute atomic E-state index is 0.0168. The minimum Gasteiger partial charge on any atom is -0.390 e. The van der Waals surface area contributed by atoms with Gasteiger partial charge in [0.05, 0.1) is 45.3 Å². The van der Waals surface area contributed by atoms with E-state index in [0.29, 0.717) is 100 Å². The molecule has 0 aliphatic carbocycles. The van der Waals surface area contributed by atoms with Gasteiger partial charge >= 0.3 is 0 Å². The maximum absolute atomic E-state index is 14.7. The first kappa shape index (κ1) is 55.0. The lowest BCUT2D eigenvalue weighted by atomic mass is 9.93. The number of piperazine rings is 1. The van der Waals surface area contributed by atoms with Crippen molar-refractivity contribution >= 4 is 93.8 Å². The first-order valence-corrected chi connectivity index (χ1v) is 26.3. The zero-order chi connectivity index (χ0) is 52.8. The average molecular weight is 1100 g/mol. The second-order valence-corrected chi connectivity index (χ2v) is 20.3. The lowest BCUT2D eigenvalue weighted by molar-refractivity contribution is -0.134. The number of hydrogen-bond acceptors (Lipinski definition) is 12. The molecule has 2 saturated heterocycles. The molecule has 1 aromatic heterocycles. The number of carbonyl (C=O) groups is 5. The Labute approximate surface area is 456 Å². The number of halogens is 4. The molecule has 0 unspecified atom stereocenters. The molecular weight excluding hydrogens is 1040 g/mol. The lowest BCUT2D eigenvalue weighted by Crippen LogP contribution is -2.55. The van der Waals surface area contributed by atoms with E-state index in [4.69, 9.17) is 46.4 Å². The summed E-state index contributed by atoms with van der Waals surface area (Å²) in [5.74, 6) is -1.10. The Kier molecular flexibility index (Phi) is 19.5. The van der Waals surface area contributed by atoms with E-state index in [2.05, 4.69) is 53.2 Å². The van der Waals surface area contributed by atoms with Crippen LogP contribution in [-0.4, -0.2) is 161 Å². The summed E-state index contributed by atoms with van der Waals surface area (Å²) in [4.78, 5) is 84.1. The Bertz CT molecular complexity index is 2860. The topological polar surface area (TPSA) is 192 Å². The van der Waals surface area contributed by atoms with Gasteiger partial charge in [-0.15, -0.1) is 0 Å². The first-order chi connectivity index (χ1) is 36.2. The molecule has 4 amide bonds. The fourth-order valence-corrected chi connectivity index (χ4v) is 9.81. The van der Waals surface area contributed by atoms with Crippen molar-refractivity contribution in [1.82, 2.24) is 45.5 Å². The van der Waals surface area contributed by atoms with Crippen molar-refractivity contribution < 1.29 is 29.1 Å². The number of Topliss-reactive ketones (excluding diaryl/α,β-unsaturated/α-hetero) is 1. The smallest absolute Gasteiger partial charge is 0.270 e. The van der Waals surface area contributed by atoms with Gasteiger partial charge in [0.25, 0.3) is 5.91 Å². The van der Waals surface area contributed by atoms with Crippen molar-refractivity contribution in [1.29, 1.82) is 0 Å². The highest BCUT2D eigenvalue weighted by atomic mass is 35.5. The molecule has 2 fully saturated rings. The van der Waals surface area contributed by atoms with Gasteiger partial charge in [-0.3, -0.25) is 39.1 Å². The van der Waals surface area contributed by atoms with Gasteiger partial charge in [0.15, 0.2) is 5.78 Å². The van der Waals surface area contributed by atoms with Crippen LogP contribution in [0.4, 0.5) is 5.82 Å². The fraction of sp³-hybridized carbons (Fsp3) is 0.327. The third kappa shape index (κ3) is 15.7. The van der Waals surface area contributed by atoms with Crippen LogP contribution in [0.2, 0.25) is 20.1 Å². The summed E-state index contributed by atoms with van der Waals surface area (Å²) in [6.45, 7) is 4.98. The van der Waals surface area contributed by atoms with Gasteiger partial charge in [-0.25, -0.2) is 9.97 Å². The van der Waals surface area contributed by atoms with Crippen molar-refractivity contribution in [2.45, 2.75) is 31.5 Å². The Hall–Kier alpha value is -6.21. The van der Waals surface area contributed by atoms with E-state index in [1.54, 1.807) is 58.4 Å². The highest BCUT2D eigenvalue weighted by molar-refractivity contribution is 6.42. The van der Waals surface area contributed by atoms with Gasteiger partial charge in [0, 0.05) is 95.7 Å².